The van der Waals surface area contributed by atoms with Crippen LogP contribution in [0, 0.1) is 0 Å². The molecular formula is C8H16NO. The van der Waals surface area contributed by atoms with E-state index in [0.29, 0.717) is 0 Å². The molecule has 1 radical (unpaired) electrons. The van der Waals surface area contributed by atoms with Gasteiger partial charge in [-0.1, -0.05) is 13.3 Å². The summed E-state index contributed by atoms with van der Waals surface area (Å²) in [7, 11) is 0. The van der Waals surface area contributed by atoms with Gasteiger partial charge in [0.15, 0.2) is 0 Å². The van der Waals surface area contributed by atoms with Crippen LogP contribution in [0.1, 0.15) is 32.6 Å². The van der Waals surface area contributed by atoms with Gasteiger partial charge in [-0.05, 0) is 19.3 Å². The highest BCUT2D eigenvalue weighted by atomic mass is 16.3. The minimum atomic E-state index is -0.410. The average molecular weight is 142 g/mol. The lowest BCUT2D eigenvalue weighted by Crippen LogP contribution is -2.30. The Morgan fingerprint density at radius 2 is 2.00 bits per heavy atom. The van der Waals surface area contributed by atoms with E-state index in [-0.39, 0.29) is 0 Å². The molecule has 2 nitrogen and oxygen atoms in total. The van der Waals surface area contributed by atoms with E-state index in [2.05, 4.69) is 11.8 Å². The highest BCUT2D eigenvalue weighted by Gasteiger charge is 2.19. The van der Waals surface area contributed by atoms with E-state index in [4.69, 9.17) is 0 Å². The van der Waals surface area contributed by atoms with Crippen molar-refractivity contribution in [3.05, 3.63) is 0 Å². The van der Waals surface area contributed by atoms with E-state index in [1.807, 2.05) is 0 Å². The Morgan fingerprint density at radius 3 is 2.50 bits per heavy atom. The van der Waals surface area contributed by atoms with Crippen molar-refractivity contribution in [3.63, 3.8) is 0 Å². The second-order valence-corrected chi connectivity index (χ2v) is 2.99. The molecule has 10 heavy (non-hydrogen) atoms. The number of hydrogen-bond acceptors (Lipinski definition) is 1. The van der Waals surface area contributed by atoms with Crippen LogP contribution < -0.4 is 0 Å². The van der Waals surface area contributed by atoms with Gasteiger partial charge < -0.3 is 0 Å². The first-order valence-electron chi connectivity index (χ1n) is 4.24. The Balaban J connectivity index is 2.18. The number of rotatable bonds is 3. The van der Waals surface area contributed by atoms with Crippen molar-refractivity contribution in [2.24, 2.45) is 0 Å². The van der Waals surface area contributed by atoms with Gasteiger partial charge in [0.05, 0.1) is 0 Å². The largest absolute Gasteiger partial charge is 0.276 e. The lowest BCUT2D eigenvalue weighted by molar-refractivity contribution is -0.0415. The van der Waals surface area contributed by atoms with Crippen molar-refractivity contribution in [3.8, 4) is 0 Å². The zero-order chi connectivity index (χ0) is 7.40. The molecule has 1 fully saturated rings. The van der Waals surface area contributed by atoms with Crippen LogP contribution in [-0.2, 0) is 5.11 Å². The van der Waals surface area contributed by atoms with E-state index in [1.54, 1.807) is 0 Å². The van der Waals surface area contributed by atoms with Gasteiger partial charge in [-0.25, -0.2) is 5.11 Å². The summed E-state index contributed by atoms with van der Waals surface area (Å²) in [5.41, 5.74) is 0. The van der Waals surface area contributed by atoms with Gasteiger partial charge in [0, 0.05) is 13.1 Å². The molecule has 1 unspecified atom stereocenters. The monoisotopic (exact) mass is 142 g/mol. The predicted octanol–water partition coefficient (Wildman–Crippen LogP) is 1.64. The Labute approximate surface area is 62.8 Å². The predicted molar refractivity (Wildman–Crippen MR) is 40.2 cm³/mol. The minimum Gasteiger partial charge on any atom is -0.276 e. The van der Waals surface area contributed by atoms with Crippen LogP contribution in [0.25, 0.3) is 0 Å². The topological polar surface area (TPSA) is 23.1 Å². The van der Waals surface area contributed by atoms with Crippen LogP contribution in [0.2, 0.25) is 0 Å². The van der Waals surface area contributed by atoms with Crippen LogP contribution in [0.3, 0.4) is 0 Å². The minimum absolute atomic E-state index is 0.410. The first-order valence-corrected chi connectivity index (χ1v) is 4.24. The van der Waals surface area contributed by atoms with Gasteiger partial charge in [-0.15, -0.1) is 0 Å². The molecule has 0 aliphatic carbocycles. The molecule has 0 saturated carbocycles. The molecule has 0 aromatic rings. The van der Waals surface area contributed by atoms with Crippen molar-refractivity contribution in [2.45, 2.75) is 38.8 Å². The quantitative estimate of drug-likeness (QED) is 0.587. The van der Waals surface area contributed by atoms with Crippen molar-refractivity contribution < 1.29 is 5.11 Å². The lowest BCUT2D eigenvalue weighted by Gasteiger charge is -2.19. The zero-order valence-electron chi connectivity index (χ0n) is 6.68. The summed E-state index contributed by atoms with van der Waals surface area (Å²) in [5.74, 6) is 0. The molecule has 1 rings (SSSR count). The fourth-order valence-corrected chi connectivity index (χ4v) is 1.46. The standard InChI is InChI=1S/C8H16NO/c1-2-5-8(10)9-6-3-4-7-9/h8H,2-7H2,1H3. The molecule has 0 aromatic carbocycles. The maximum absolute atomic E-state index is 11.3. The summed E-state index contributed by atoms with van der Waals surface area (Å²) < 4.78 is 0. The number of hydrogen-bond donors (Lipinski definition) is 0. The molecule has 0 amide bonds. The molecule has 1 atom stereocenters. The van der Waals surface area contributed by atoms with E-state index in [9.17, 15) is 5.11 Å². The molecule has 0 spiro atoms. The molecule has 1 heterocycles. The second kappa shape index (κ2) is 3.94. The van der Waals surface area contributed by atoms with Crippen LogP contribution in [0.5, 0.6) is 0 Å². The SMILES string of the molecule is CCCC([O])N1CCCC1. The van der Waals surface area contributed by atoms with E-state index in [0.717, 1.165) is 25.9 Å². The Bertz CT molecular complexity index is 89.3. The molecule has 1 saturated heterocycles. The third-order valence-electron chi connectivity index (χ3n) is 2.08. The van der Waals surface area contributed by atoms with E-state index >= 15 is 0 Å². The average Bonchev–Trinajstić information content (AvgIpc) is 2.38. The lowest BCUT2D eigenvalue weighted by atomic mass is 10.3. The normalized spacial score (nSPS) is 23.4. The van der Waals surface area contributed by atoms with Gasteiger partial charge in [0.1, 0.15) is 6.23 Å². The van der Waals surface area contributed by atoms with E-state index < -0.39 is 6.23 Å². The fourth-order valence-electron chi connectivity index (χ4n) is 1.46. The number of likely N-dealkylation sites (tertiary alicyclic amines) is 1. The maximum atomic E-state index is 11.3. The molecule has 59 valence electrons. The Morgan fingerprint density at radius 1 is 1.40 bits per heavy atom. The summed E-state index contributed by atoms with van der Waals surface area (Å²) in [6.07, 6.45) is 3.88. The third kappa shape index (κ3) is 1.96. The summed E-state index contributed by atoms with van der Waals surface area (Å²) >= 11 is 0. The molecule has 1 aliphatic heterocycles. The van der Waals surface area contributed by atoms with Crippen molar-refractivity contribution in [1.29, 1.82) is 0 Å². The van der Waals surface area contributed by atoms with Crippen molar-refractivity contribution >= 4 is 0 Å². The highest BCUT2D eigenvalue weighted by molar-refractivity contribution is 4.68. The maximum Gasteiger partial charge on any atom is 0.146 e. The molecule has 2 heteroatoms. The molecule has 0 bridgehead atoms. The molecule has 1 aliphatic rings. The van der Waals surface area contributed by atoms with Crippen molar-refractivity contribution in [2.75, 3.05) is 13.1 Å². The van der Waals surface area contributed by atoms with E-state index in [1.165, 1.54) is 12.8 Å². The van der Waals surface area contributed by atoms with Gasteiger partial charge in [-0.3, -0.25) is 4.90 Å². The highest BCUT2D eigenvalue weighted by Crippen LogP contribution is 2.13. The smallest absolute Gasteiger partial charge is 0.146 e. The van der Waals surface area contributed by atoms with Crippen LogP contribution in [0.4, 0.5) is 0 Å². The van der Waals surface area contributed by atoms with Gasteiger partial charge in [0.2, 0.25) is 0 Å². The Kier molecular flexibility index (Phi) is 3.16. The second-order valence-electron chi connectivity index (χ2n) is 2.99. The summed E-state index contributed by atoms with van der Waals surface area (Å²) in [6.45, 7) is 4.14. The summed E-state index contributed by atoms with van der Waals surface area (Å²) in [5, 5.41) is 11.3. The number of nitrogens with zero attached hydrogens (tertiary/aromatic N) is 1. The Hall–Kier alpha value is -0.0800. The van der Waals surface area contributed by atoms with Crippen LogP contribution >= 0.6 is 0 Å². The fraction of sp³-hybridized carbons (Fsp3) is 1.00. The summed E-state index contributed by atoms with van der Waals surface area (Å²) in [6, 6.07) is 0. The van der Waals surface area contributed by atoms with Crippen molar-refractivity contribution in [1.82, 2.24) is 4.90 Å². The van der Waals surface area contributed by atoms with Gasteiger partial charge in [0.25, 0.3) is 0 Å². The molecular weight excluding hydrogens is 126 g/mol. The van der Waals surface area contributed by atoms with Gasteiger partial charge in [-0.2, -0.15) is 0 Å². The first kappa shape index (κ1) is 8.02. The molecule has 0 N–H and O–H groups in total. The zero-order valence-corrected chi connectivity index (χ0v) is 6.68. The van der Waals surface area contributed by atoms with Crippen LogP contribution in [-0.4, -0.2) is 24.2 Å². The first-order chi connectivity index (χ1) is 4.84. The third-order valence-corrected chi connectivity index (χ3v) is 2.08. The molecule has 0 aromatic heterocycles. The van der Waals surface area contributed by atoms with Gasteiger partial charge >= 0.3 is 0 Å². The summed E-state index contributed by atoms with van der Waals surface area (Å²) in [4.78, 5) is 2.06. The van der Waals surface area contributed by atoms with Crippen LogP contribution in [0.15, 0.2) is 0 Å².